The van der Waals surface area contributed by atoms with Crippen molar-refractivity contribution >= 4 is 15.8 Å². The van der Waals surface area contributed by atoms with Crippen LogP contribution in [-0.4, -0.2) is 25.2 Å². The lowest BCUT2D eigenvalue weighted by molar-refractivity contribution is 0.0696. The fourth-order valence-corrected chi connectivity index (χ4v) is 3.81. The Labute approximate surface area is 114 Å². The van der Waals surface area contributed by atoms with E-state index in [0.29, 0.717) is 5.56 Å². The van der Waals surface area contributed by atoms with Gasteiger partial charge in [0.25, 0.3) is 0 Å². The minimum Gasteiger partial charge on any atom is -0.478 e. The molecule has 0 bridgehead atoms. The summed E-state index contributed by atoms with van der Waals surface area (Å²) >= 11 is 0. The second kappa shape index (κ2) is 6.19. The van der Waals surface area contributed by atoms with Crippen LogP contribution in [0, 0.1) is 12.8 Å². The van der Waals surface area contributed by atoms with Crippen LogP contribution >= 0.6 is 0 Å². The lowest BCUT2D eigenvalue weighted by Crippen LogP contribution is -2.16. The fraction of sp³-hybridized carbons (Fsp3) is 0.500. The summed E-state index contributed by atoms with van der Waals surface area (Å²) in [5.41, 5.74) is 0.611. The van der Waals surface area contributed by atoms with Crippen LogP contribution in [0.15, 0.2) is 23.1 Å². The standard InChI is InChI=1S/C14H20O4S/c1-4-11(5-2)9-19(17,18)12-7-6-10(3)13(8-12)14(15)16/h6-8,11H,4-5,9H2,1-3H3,(H,15,16). The summed E-state index contributed by atoms with van der Waals surface area (Å²) in [5.74, 6) is -0.918. The van der Waals surface area contributed by atoms with E-state index < -0.39 is 15.8 Å². The number of carboxylic acids is 1. The quantitative estimate of drug-likeness (QED) is 0.872. The number of carboxylic acid groups (broad SMARTS) is 1. The third kappa shape index (κ3) is 3.80. The molecule has 1 aromatic carbocycles. The van der Waals surface area contributed by atoms with E-state index in [2.05, 4.69) is 0 Å². The smallest absolute Gasteiger partial charge is 0.335 e. The van der Waals surface area contributed by atoms with Crippen molar-refractivity contribution in [3.05, 3.63) is 29.3 Å². The van der Waals surface area contributed by atoms with Crippen LogP contribution in [0.1, 0.15) is 42.6 Å². The monoisotopic (exact) mass is 284 g/mol. The summed E-state index contributed by atoms with van der Waals surface area (Å²) in [4.78, 5) is 11.1. The van der Waals surface area contributed by atoms with E-state index in [4.69, 9.17) is 5.11 Å². The molecule has 0 saturated carbocycles. The van der Waals surface area contributed by atoms with Crippen molar-refractivity contribution < 1.29 is 18.3 Å². The average Bonchev–Trinajstić information content (AvgIpc) is 2.35. The summed E-state index contributed by atoms with van der Waals surface area (Å²) in [7, 11) is -3.42. The van der Waals surface area contributed by atoms with Gasteiger partial charge in [-0.2, -0.15) is 0 Å². The van der Waals surface area contributed by atoms with Gasteiger partial charge in [0.15, 0.2) is 9.84 Å². The second-order valence-corrected chi connectivity index (χ2v) is 6.78. The Hall–Kier alpha value is -1.36. The molecule has 1 N–H and O–H groups in total. The van der Waals surface area contributed by atoms with E-state index in [0.717, 1.165) is 12.8 Å². The highest BCUT2D eigenvalue weighted by Gasteiger charge is 2.21. The number of sulfone groups is 1. The Morgan fingerprint density at radius 1 is 1.26 bits per heavy atom. The Morgan fingerprint density at radius 2 is 1.84 bits per heavy atom. The number of aromatic carboxylic acids is 1. The lowest BCUT2D eigenvalue weighted by Gasteiger charge is -2.13. The van der Waals surface area contributed by atoms with Gasteiger partial charge in [0, 0.05) is 0 Å². The fourth-order valence-electron chi connectivity index (χ4n) is 1.96. The average molecular weight is 284 g/mol. The van der Waals surface area contributed by atoms with E-state index in [9.17, 15) is 13.2 Å². The highest BCUT2D eigenvalue weighted by atomic mass is 32.2. The van der Waals surface area contributed by atoms with E-state index in [1.54, 1.807) is 13.0 Å². The number of benzene rings is 1. The van der Waals surface area contributed by atoms with Crippen molar-refractivity contribution in [1.29, 1.82) is 0 Å². The summed E-state index contributed by atoms with van der Waals surface area (Å²) in [6.45, 7) is 5.57. The lowest BCUT2D eigenvalue weighted by atomic mass is 10.1. The Bertz CT molecular complexity index is 557. The van der Waals surface area contributed by atoms with Crippen LogP contribution in [0.2, 0.25) is 0 Å². The van der Waals surface area contributed by atoms with Gasteiger partial charge in [-0.1, -0.05) is 32.8 Å². The number of hydrogen-bond donors (Lipinski definition) is 1. The third-order valence-corrected chi connectivity index (χ3v) is 5.29. The summed E-state index contributed by atoms with van der Waals surface area (Å²) < 4.78 is 24.5. The van der Waals surface area contributed by atoms with Gasteiger partial charge < -0.3 is 5.11 Å². The molecule has 0 fully saturated rings. The highest BCUT2D eigenvalue weighted by molar-refractivity contribution is 7.91. The van der Waals surface area contributed by atoms with Gasteiger partial charge in [-0.25, -0.2) is 13.2 Å². The van der Waals surface area contributed by atoms with Crippen LogP contribution in [0.25, 0.3) is 0 Å². The molecule has 0 amide bonds. The molecule has 5 heteroatoms. The van der Waals surface area contributed by atoms with Crippen LogP contribution in [0.5, 0.6) is 0 Å². The molecule has 0 heterocycles. The van der Waals surface area contributed by atoms with Gasteiger partial charge in [0.05, 0.1) is 16.2 Å². The third-order valence-electron chi connectivity index (χ3n) is 3.41. The Morgan fingerprint density at radius 3 is 2.32 bits per heavy atom. The second-order valence-electron chi connectivity index (χ2n) is 4.75. The zero-order valence-electron chi connectivity index (χ0n) is 11.5. The summed E-state index contributed by atoms with van der Waals surface area (Å²) in [6, 6.07) is 4.29. The van der Waals surface area contributed by atoms with E-state index in [-0.39, 0.29) is 22.1 Å². The molecule has 0 aliphatic rings. The van der Waals surface area contributed by atoms with Crippen LogP contribution in [-0.2, 0) is 9.84 Å². The maximum Gasteiger partial charge on any atom is 0.335 e. The summed E-state index contributed by atoms with van der Waals surface area (Å²) in [5, 5.41) is 9.04. The SMILES string of the molecule is CCC(CC)CS(=O)(=O)c1ccc(C)c(C(=O)O)c1. The van der Waals surface area contributed by atoms with Crippen LogP contribution in [0.4, 0.5) is 0 Å². The molecular formula is C14H20O4S. The van der Waals surface area contributed by atoms with Crippen molar-refractivity contribution in [2.24, 2.45) is 5.92 Å². The number of carbonyl (C=O) groups is 1. The molecule has 0 radical (unpaired) electrons. The molecule has 106 valence electrons. The number of aryl methyl sites for hydroxylation is 1. The van der Waals surface area contributed by atoms with E-state index in [1.807, 2.05) is 13.8 Å². The molecule has 0 atom stereocenters. The minimum absolute atomic E-state index is 0.0469. The molecule has 0 aliphatic carbocycles. The summed E-state index contributed by atoms with van der Waals surface area (Å²) in [6.07, 6.45) is 1.60. The maximum absolute atomic E-state index is 12.3. The van der Waals surface area contributed by atoms with Gasteiger partial charge in [-0.3, -0.25) is 0 Å². The van der Waals surface area contributed by atoms with E-state index >= 15 is 0 Å². The molecule has 19 heavy (non-hydrogen) atoms. The number of hydrogen-bond acceptors (Lipinski definition) is 3. The highest BCUT2D eigenvalue weighted by Crippen LogP contribution is 2.21. The van der Waals surface area contributed by atoms with Crippen molar-refractivity contribution in [2.45, 2.75) is 38.5 Å². The molecule has 0 aromatic heterocycles. The Kier molecular flexibility index (Phi) is 5.11. The van der Waals surface area contributed by atoms with Crippen molar-refractivity contribution in [2.75, 3.05) is 5.75 Å². The predicted molar refractivity (Wildman–Crippen MR) is 74.3 cm³/mol. The van der Waals surface area contributed by atoms with Crippen LogP contribution in [0.3, 0.4) is 0 Å². The van der Waals surface area contributed by atoms with Gasteiger partial charge in [-0.05, 0) is 30.5 Å². The van der Waals surface area contributed by atoms with Gasteiger partial charge in [0.1, 0.15) is 0 Å². The first kappa shape index (κ1) is 15.7. The first-order valence-electron chi connectivity index (χ1n) is 6.38. The molecule has 0 spiro atoms. The first-order valence-corrected chi connectivity index (χ1v) is 8.03. The molecular weight excluding hydrogens is 264 g/mol. The first-order chi connectivity index (χ1) is 8.81. The van der Waals surface area contributed by atoms with Crippen molar-refractivity contribution in [3.63, 3.8) is 0 Å². The normalized spacial score (nSPS) is 11.8. The van der Waals surface area contributed by atoms with Crippen molar-refractivity contribution in [3.8, 4) is 0 Å². The molecule has 0 unspecified atom stereocenters. The van der Waals surface area contributed by atoms with Crippen LogP contribution < -0.4 is 0 Å². The maximum atomic E-state index is 12.3. The van der Waals surface area contributed by atoms with Gasteiger partial charge >= 0.3 is 5.97 Å². The Balaban J connectivity index is 3.15. The van der Waals surface area contributed by atoms with E-state index in [1.165, 1.54) is 12.1 Å². The molecule has 1 rings (SSSR count). The molecule has 0 aliphatic heterocycles. The van der Waals surface area contributed by atoms with Gasteiger partial charge in [0.2, 0.25) is 0 Å². The largest absolute Gasteiger partial charge is 0.478 e. The minimum atomic E-state index is -3.42. The zero-order valence-corrected chi connectivity index (χ0v) is 12.3. The zero-order chi connectivity index (χ0) is 14.6. The predicted octanol–water partition coefficient (Wildman–Crippen LogP) is 2.90. The molecule has 1 aromatic rings. The molecule has 4 nitrogen and oxygen atoms in total. The topological polar surface area (TPSA) is 71.4 Å². The van der Waals surface area contributed by atoms with Crippen molar-refractivity contribution in [1.82, 2.24) is 0 Å². The van der Waals surface area contributed by atoms with Gasteiger partial charge in [-0.15, -0.1) is 0 Å². The molecule has 0 saturated heterocycles. The number of rotatable bonds is 6.